The van der Waals surface area contributed by atoms with E-state index in [0.29, 0.717) is 0 Å². The Bertz CT molecular complexity index is 3440. The molecule has 2 heterocycles. The molecular formula is C52H30O2. The molecule has 0 saturated carbocycles. The minimum Gasteiger partial charge on any atom is -0.456 e. The number of hydrogen-bond acceptors (Lipinski definition) is 2. The Hall–Kier alpha value is -7.16. The monoisotopic (exact) mass is 686 g/mol. The van der Waals surface area contributed by atoms with E-state index in [1.165, 1.54) is 60.0 Å². The molecule has 0 saturated heterocycles. The largest absolute Gasteiger partial charge is 0.456 e. The Morgan fingerprint density at radius 2 is 0.870 bits per heavy atom. The van der Waals surface area contributed by atoms with Crippen LogP contribution in [0.3, 0.4) is 0 Å². The van der Waals surface area contributed by atoms with Crippen LogP contribution in [0.15, 0.2) is 191 Å². The van der Waals surface area contributed by atoms with Gasteiger partial charge in [-0.3, -0.25) is 0 Å². The molecule has 0 unspecified atom stereocenters. The molecule has 0 N–H and O–H groups in total. The molecule has 0 atom stereocenters. The standard InChI is InChI=1S/C52H30O2/c1-2-17-34-31(13-1)14-12-25-37(34)49-41-23-7-5-21-39(41)48(40-22-6-8-24-42(40)49)33-16-11-15-32(29-33)44-30-47-50(38-20-4-3-18-35(38)44)51-46(53-47)28-27-43-36-19-9-10-26-45(36)54-52(43)51/h1-30H. The van der Waals surface area contributed by atoms with Gasteiger partial charge < -0.3 is 8.83 Å². The molecule has 54 heavy (non-hydrogen) atoms. The van der Waals surface area contributed by atoms with E-state index in [4.69, 9.17) is 8.83 Å². The maximum atomic E-state index is 6.68. The van der Waals surface area contributed by atoms with E-state index in [2.05, 4.69) is 170 Å². The predicted molar refractivity (Wildman–Crippen MR) is 227 cm³/mol. The van der Waals surface area contributed by atoms with Crippen LogP contribution in [-0.4, -0.2) is 0 Å². The van der Waals surface area contributed by atoms with Crippen LogP contribution in [0.2, 0.25) is 0 Å². The molecule has 2 aromatic heterocycles. The lowest BCUT2D eigenvalue weighted by Gasteiger charge is -2.19. The third-order valence-corrected chi connectivity index (χ3v) is 11.4. The van der Waals surface area contributed by atoms with Crippen LogP contribution in [-0.2, 0) is 0 Å². The molecule has 0 aliphatic heterocycles. The predicted octanol–water partition coefficient (Wildman–Crippen LogP) is 15.1. The summed E-state index contributed by atoms with van der Waals surface area (Å²) < 4.78 is 13.2. The van der Waals surface area contributed by atoms with Crippen molar-refractivity contribution in [2.24, 2.45) is 0 Å². The fraction of sp³-hybridized carbons (Fsp3) is 0. The quantitative estimate of drug-likeness (QED) is 0.173. The minimum atomic E-state index is 0.830. The van der Waals surface area contributed by atoms with Gasteiger partial charge in [0.25, 0.3) is 0 Å². The summed E-state index contributed by atoms with van der Waals surface area (Å²) in [6.45, 7) is 0. The summed E-state index contributed by atoms with van der Waals surface area (Å²) in [6, 6.07) is 65.6. The fourth-order valence-electron chi connectivity index (χ4n) is 9.15. The van der Waals surface area contributed by atoms with Crippen molar-refractivity contribution < 1.29 is 8.83 Å². The number of para-hydroxylation sites is 1. The van der Waals surface area contributed by atoms with Crippen molar-refractivity contribution in [1.82, 2.24) is 0 Å². The third kappa shape index (κ3) is 4.11. The van der Waals surface area contributed by atoms with Gasteiger partial charge in [-0.2, -0.15) is 0 Å². The first-order valence-corrected chi connectivity index (χ1v) is 18.5. The molecule has 250 valence electrons. The summed E-state index contributed by atoms with van der Waals surface area (Å²) in [6.07, 6.45) is 0. The van der Waals surface area contributed by atoms with E-state index in [9.17, 15) is 0 Å². The van der Waals surface area contributed by atoms with Crippen LogP contribution >= 0.6 is 0 Å². The third-order valence-electron chi connectivity index (χ3n) is 11.4. The Balaban J connectivity index is 1.12. The molecule has 0 aliphatic carbocycles. The lowest BCUT2D eigenvalue weighted by atomic mass is 9.84. The summed E-state index contributed by atoms with van der Waals surface area (Å²) >= 11 is 0. The first-order valence-electron chi connectivity index (χ1n) is 18.5. The molecule has 2 heteroatoms. The van der Waals surface area contributed by atoms with Gasteiger partial charge in [0.05, 0.1) is 5.39 Å². The van der Waals surface area contributed by atoms with Gasteiger partial charge in [-0.15, -0.1) is 0 Å². The van der Waals surface area contributed by atoms with Crippen LogP contribution in [0, 0.1) is 0 Å². The van der Waals surface area contributed by atoms with Crippen molar-refractivity contribution in [3.05, 3.63) is 182 Å². The smallest absolute Gasteiger partial charge is 0.147 e. The maximum Gasteiger partial charge on any atom is 0.147 e. The van der Waals surface area contributed by atoms with Crippen molar-refractivity contribution in [3.8, 4) is 33.4 Å². The van der Waals surface area contributed by atoms with Crippen molar-refractivity contribution in [2.45, 2.75) is 0 Å². The van der Waals surface area contributed by atoms with Crippen LogP contribution in [0.4, 0.5) is 0 Å². The first-order chi connectivity index (χ1) is 26.8. The second-order valence-corrected chi connectivity index (χ2v) is 14.3. The Labute approximate surface area is 310 Å². The van der Waals surface area contributed by atoms with E-state index in [1.54, 1.807) is 0 Å². The van der Waals surface area contributed by atoms with Crippen LogP contribution < -0.4 is 0 Å². The molecule has 0 radical (unpaired) electrons. The first kappa shape index (κ1) is 29.4. The summed E-state index contributed by atoms with van der Waals surface area (Å²) in [4.78, 5) is 0. The van der Waals surface area contributed by atoms with Gasteiger partial charge >= 0.3 is 0 Å². The van der Waals surface area contributed by atoms with Crippen molar-refractivity contribution in [2.75, 3.05) is 0 Å². The molecule has 0 amide bonds. The maximum absolute atomic E-state index is 6.68. The van der Waals surface area contributed by atoms with Gasteiger partial charge in [-0.1, -0.05) is 152 Å². The average molecular weight is 687 g/mol. The number of benzene rings is 10. The van der Waals surface area contributed by atoms with E-state index >= 15 is 0 Å². The minimum absolute atomic E-state index is 0.830. The zero-order valence-corrected chi connectivity index (χ0v) is 29.1. The van der Waals surface area contributed by atoms with Gasteiger partial charge in [0.2, 0.25) is 0 Å². The van der Waals surface area contributed by atoms with E-state index in [1.807, 2.05) is 12.1 Å². The molecule has 2 nitrogen and oxygen atoms in total. The molecule has 10 aromatic carbocycles. The number of hydrogen-bond donors (Lipinski definition) is 0. The zero-order chi connectivity index (χ0) is 35.3. The summed E-state index contributed by atoms with van der Waals surface area (Å²) in [5, 5.41) is 14.2. The topological polar surface area (TPSA) is 26.3 Å². The molecule has 0 fully saturated rings. The fourth-order valence-corrected chi connectivity index (χ4v) is 9.15. The highest BCUT2D eigenvalue weighted by molar-refractivity contribution is 6.29. The number of fused-ring (bicyclic) bond motifs is 12. The highest BCUT2D eigenvalue weighted by atomic mass is 16.3. The SMILES string of the molecule is c1cc(-c2c3ccccc3c(-c3cccc4ccccc34)c3ccccc23)cc(-c2cc3oc4ccc5c6ccccc6oc5c4c3c3ccccc23)c1. The van der Waals surface area contributed by atoms with Gasteiger partial charge in [0, 0.05) is 16.2 Å². The summed E-state index contributed by atoms with van der Waals surface area (Å²) in [7, 11) is 0. The van der Waals surface area contributed by atoms with Crippen molar-refractivity contribution >= 4 is 87.0 Å². The van der Waals surface area contributed by atoms with E-state index in [-0.39, 0.29) is 0 Å². The van der Waals surface area contributed by atoms with Gasteiger partial charge in [0.15, 0.2) is 0 Å². The summed E-state index contributed by atoms with van der Waals surface area (Å²) in [5.41, 5.74) is 10.7. The molecule has 12 aromatic rings. The highest BCUT2D eigenvalue weighted by Gasteiger charge is 2.21. The van der Waals surface area contributed by atoms with Crippen LogP contribution in [0.5, 0.6) is 0 Å². The molecule has 0 spiro atoms. The Morgan fingerprint density at radius 1 is 0.278 bits per heavy atom. The van der Waals surface area contributed by atoms with Crippen LogP contribution in [0.1, 0.15) is 0 Å². The van der Waals surface area contributed by atoms with Gasteiger partial charge in [-0.05, 0) is 107 Å². The normalized spacial score (nSPS) is 12.1. The highest BCUT2D eigenvalue weighted by Crippen LogP contribution is 2.48. The van der Waals surface area contributed by atoms with Crippen LogP contribution in [0.25, 0.3) is 120 Å². The number of rotatable bonds is 3. The average Bonchev–Trinajstić information content (AvgIpc) is 3.81. The molecule has 12 rings (SSSR count). The van der Waals surface area contributed by atoms with E-state index < -0.39 is 0 Å². The number of furan rings is 2. The Morgan fingerprint density at radius 3 is 1.65 bits per heavy atom. The zero-order valence-electron chi connectivity index (χ0n) is 29.1. The van der Waals surface area contributed by atoms with Gasteiger partial charge in [0.1, 0.15) is 22.3 Å². The lowest BCUT2D eigenvalue weighted by molar-refractivity contribution is 0.663. The lowest BCUT2D eigenvalue weighted by Crippen LogP contribution is -1.92. The Kier molecular flexibility index (Phi) is 6.09. The second kappa shape index (κ2) is 11.2. The molecular weight excluding hydrogens is 657 g/mol. The van der Waals surface area contributed by atoms with Crippen molar-refractivity contribution in [1.29, 1.82) is 0 Å². The molecule has 0 aliphatic rings. The second-order valence-electron chi connectivity index (χ2n) is 14.3. The van der Waals surface area contributed by atoms with Crippen molar-refractivity contribution in [3.63, 3.8) is 0 Å². The van der Waals surface area contributed by atoms with Gasteiger partial charge in [-0.25, -0.2) is 0 Å². The molecule has 0 bridgehead atoms. The summed E-state index contributed by atoms with van der Waals surface area (Å²) in [5.74, 6) is 0. The van der Waals surface area contributed by atoms with E-state index in [0.717, 1.165) is 60.4 Å².